The molecule has 2 aromatic carbocycles. The molecular weight excluding hydrogens is 366 g/mol. The summed E-state index contributed by atoms with van der Waals surface area (Å²) in [5.74, 6) is -0.107. The second-order valence-electron chi connectivity index (χ2n) is 6.50. The topological polar surface area (TPSA) is 96.0 Å². The standard InChI is InChI=1S/C22H23N5O2/c1-16(28)25-18-10-5-11-19(15-18)26-21(29)20-12-14-24-22(27-20)23-13-6-9-17-7-3-2-4-8-17/h2-5,7-8,10-12,14-15H,6,9,13H2,1H3,(H,25,28)(H,26,29)(H,23,24,27). The van der Waals surface area contributed by atoms with Crippen molar-refractivity contribution in [2.24, 2.45) is 0 Å². The van der Waals surface area contributed by atoms with Crippen LogP contribution in [0.5, 0.6) is 0 Å². The summed E-state index contributed by atoms with van der Waals surface area (Å²) >= 11 is 0. The maximum Gasteiger partial charge on any atom is 0.274 e. The van der Waals surface area contributed by atoms with Crippen molar-refractivity contribution in [2.45, 2.75) is 19.8 Å². The summed E-state index contributed by atoms with van der Waals surface area (Å²) in [7, 11) is 0. The van der Waals surface area contributed by atoms with E-state index in [-0.39, 0.29) is 17.5 Å². The van der Waals surface area contributed by atoms with Gasteiger partial charge in [0.1, 0.15) is 5.69 Å². The fourth-order valence-electron chi connectivity index (χ4n) is 2.78. The van der Waals surface area contributed by atoms with Gasteiger partial charge in [-0.25, -0.2) is 9.97 Å². The van der Waals surface area contributed by atoms with Crippen molar-refractivity contribution in [1.82, 2.24) is 9.97 Å². The number of hydrogen-bond acceptors (Lipinski definition) is 5. The predicted octanol–water partition coefficient (Wildman–Crippen LogP) is 3.73. The van der Waals surface area contributed by atoms with Crippen LogP contribution in [-0.4, -0.2) is 28.3 Å². The lowest BCUT2D eigenvalue weighted by Crippen LogP contribution is -2.16. The lowest BCUT2D eigenvalue weighted by molar-refractivity contribution is -0.114. The van der Waals surface area contributed by atoms with Gasteiger partial charge in [0.2, 0.25) is 11.9 Å². The molecule has 0 atom stereocenters. The second kappa shape index (κ2) is 9.98. The number of carbonyl (C=O) groups excluding carboxylic acids is 2. The van der Waals surface area contributed by atoms with Crippen LogP contribution < -0.4 is 16.0 Å². The summed E-state index contributed by atoms with van der Waals surface area (Å²) in [6.07, 6.45) is 3.44. The van der Waals surface area contributed by atoms with Gasteiger partial charge in [0, 0.05) is 31.0 Å². The van der Waals surface area contributed by atoms with E-state index >= 15 is 0 Å². The van der Waals surface area contributed by atoms with Gasteiger partial charge in [-0.3, -0.25) is 9.59 Å². The van der Waals surface area contributed by atoms with E-state index in [9.17, 15) is 9.59 Å². The third kappa shape index (κ3) is 6.42. The van der Waals surface area contributed by atoms with Crippen LogP contribution in [0.25, 0.3) is 0 Å². The quantitative estimate of drug-likeness (QED) is 0.510. The molecule has 1 aromatic heterocycles. The van der Waals surface area contributed by atoms with Gasteiger partial charge in [-0.2, -0.15) is 0 Å². The maximum absolute atomic E-state index is 12.5. The minimum atomic E-state index is -0.347. The van der Waals surface area contributed by atoms with Gasteiger partial charge in [0.05, 0.1) is 0 Å². The number of benzene rings is 2. The number of aromatic nitrogens is 2. The largest absolute Gasteiger partial charge is 0.354 e. The van der Waals surface area contributed by atoms with Crippen LogP contribution >= 0.6 is 0 Å². The molecule has 0 aliphatic carbocycles. The van der Waals surface area contributed by atoms with E-state index in [0.717, 1.165) is 12.8 Å². The van der Waals surface area contributed by atoms with E-state index < -0.39 is 0 Å². The Morgan fingerprint density at radius 1 is 0.931 bits per heavy atom. The average Bonchev–Trinajstić information content (AvgIpc) is 2.72. The molecule has 0 saturated heterocycles. The zero-order chi connectivity index (χ0) is 20.5. The first-order valence-corrected chi connectivity index (χ1v) is 9.40. The van der Waals surface area contributed by atoms with Crippen LogP contribution in [0.3, 0.4) is 0 Å². The number of nitrogens with one attached hydrogen (secondary N) is 3. The summed E-state index contributed by atoms with van der Waals surface area (Å²) in [6.45, 7) is 2.14. The van der Waals surface area contributed by atoms with Crippen LogP contribution in [0.1, 0.15) is 29.4 Å². The van der Waals surface area contributed by atoms with Crippen molar-refractivity contribution < 1.29 is 9.59 Å². The minimum Gasteiger partial charge on any atom is -0.354 e. The summed E-state index contributed by atoms with van der Waals surface area (Å²) in [6, 6.07) is 18.7. The third-order valence-corrected chi connectivity index (χ3v) is 4.10. The molecule has 0 saturated carbocycles. The molecule has 3 N–H and O–H groups in total. The lowest BCUT2D eigenvalue weighted by atomic mass is 10.1. The van der Waals surface area contributed by atoms with Gasteiger partial charge < -0.3 is 16.0 Å². The molecule has 7 nitrogen and oxygen atoms in total. The molecule has 29 heavy (non-hydrogen) atoms. The first-order chi connectivity index (χ1) is 14.1. The molecule has 0 radical (unpaired) electrons. The Kier molecular flexibility index (Phi) is 6.89. The van der Waals surface area contributed by atoms with Crippen molar-refractivity contribution >= 4 is 29.1 Å². The number of carbonyl (C=O) groups is 2. The van der Waals surface area contributed by atoms with Gasteiger partial charge in [-0.15, -0.1) is 0 Å². The zero-order valence-electron chi connectivity index (χ0n) is 16.2. The molecule has 0 aliphatic heterocycles. The normalized spacial score (nSPS) is 10.2. The molecule has 3 aromatic rings. The predicted molar refractivity (Wildman–Crippen MR) is 114 cm³/mol. The molecule has 2 amide bonds. The van der Waals surface area contributed by atoms with E-state index in [4.69, 9.17) is 0 Å². The van der Waals surface area contributed by atoms with E-state index in [1.54, 1.807) is 36.5 Å². The Hall–Kier alpha value is -3.74. The van der Waals surface area contributed by atoms with Crippen LogP contribution in [-0.2, 0) is 11.2 Å². The monoisotopic (exact) mass is 389 g/mol. The van der Waals surface area contributed by atoms with Gasteiger partial charge in [0.15, 0.2) is 0 Å². The highest BCUT2D eigenvalue weighted by atomic mass is 16.2. The zero-order valence-corrected chi connectivity index (χ0v) is 16.2. The molecule has 148 valence electrons. The average molecular weight is 389 g/mol. The highest BCUT2D eigenvalue weighted by Crippen LogP contribution is 2.16. The Morgan fingerprint density at radius 3 is 2.45 bits per heavy atom. The summed E-state index contributed by atoms with van der Waals surface area (Å²) < 4.78 is 0. The van der Waals surface area contributed by atoms with Crippen molar-refractivity contribution in [3.63, 3.8) is 0 Å². The summed E-state index contributed by atoms with van der Waals surface area (Å²) in [5.41, 5.74) is 2.72. The molecule has 0 unspecified atom stereocenters. The molecular formula is C22H23N5O2. The molecule has 0 fully saturated rings. The first-order valence-electron chi connectivity index (χ1n) is 9.40. The highest BCUT2D eigenvalue weighted by Gasteiger charge is 2.10. The van der Waals surface area contributed by atoms with Crippen LogP contribution in [0.15, 0.2) is 66.9 Å². The fourth-order valence-corrected chi connectivity index (χ4v) is 2.78. The Labute approximate surface area is 169 Å². The summed E-state index contributed by atoms with van der Waals surface area (Å²) in [5, 5.41) is 8.62. The number of amides is 2. The molecule has 7 heteroatoms. The van der Waals surface area contributed by atoms with Gasteiger partial charge in [0.25, 0.3) is 5.91 Å². The highest BCUT2D eigenvalue weighted by molar-refractivity contribution is 6.03. The van der Waals surface area contributed by atoms with Gasteiger partial charge in [-0.05, 0) is 42.7 Å². The summed E-state index contributed by atoms with van der Waals surface area (Å²) in [4.78, 5) is 32.1. The number of nitrogens with zero attached hydrogens (tertiary/aromatic N) is 2. The van der Waals surface area contributed by atoms with E-state index in [1.807, 2.05) is 18.2 Å². The fraction of sp³-hybridized carbons (Fsp3) is 0.182. The number of rotatable bonds is 8. The molecule has 0 aliphatic rings. The number of hydrogen-bond donors (Lipinski definition) is 3. The van der Waals surface area contributed by atoms with Crippen LogP contribution in [0.2, 0.25) is 0 Å². The maximum atomic E-state index is 12.5. The molecule has 0 spiro atoms. The Balaban J connectivity index is 1.54. The van der Waals surface area contributed by atoms with E-state index in [1.165, 1.54) is 12.5 Å². The molecule has 1 heterocycles. The van der Waals surface area contributed by atoms with Crippen LogP contribution in [0.4, 0.5) is 17.3 Å². The molecule has 0 bridgehead atoms. The second-order valence-corrected chi connectivity index (χ2v) is 6.50. The van der Waals surface area contributed by atoms with E-state index in [2.05, 4.69) is 38.1 Å². The number of anilines is 3. The smallest absolute Gasteiger partial charge is 0.274 e. The first kappa shape index (κ1) is 20.0. The Morgan fingerprint density at radius 2 is 1.69 bits per heavy atom. The molecule has 3 rings (SSSR count). The van der Waals surface area contributed by atoms with Gasteiger partial charge in [-0.1, -0.05) is 36.4 Å². The van der Waals surface area contributed by atoms with Gasteiger partial charge >= 0.3 is 0 Å². The number of aryl methyl sites for hydroxylation is 1. The lowest BCUT2D eigenvalue weighted by Gasteiger charge is -2.09. The van der Waals surface area contributed by atoms with Crippen molar-refractivity contribution in [3.8, 4) is 0 Å². The van der Waals surface area contributed by atoms with E-state index in [0.29, 0.717) is 23.9 Å². The van der Waals surface area contributed by atoms with Crippen molar-refractivity contribution in [2.75, 3.05) is 22.5 Å². The van der Waals surface area contributed by atoms with Crippen molar-refractivity contribution in [1.29, 1.82) is 0 Å². The third-order valence-electron chi connectivity index (χ3n) is 4.10. The SMILES string of the molecule is CC(=O)Nc1cccc(NC(=O)c2ccnc(NCCCc3ccccc3)n2)c1. The minimum absolute atomic E-state index is 0.174. The Bertz CT molecular complexity index is 976. The van der Waals surface area contributed by atoms with Crippen LogP contribution in [0, 0.1) is 0 Å². The van der Waals surface area contributed by atoms with Crippen molar-refractivity contribution in [3.05, 3.63) is 78.1 Å².